The Morgan fingerprint density at radius 1 is 1.29 bits per heavy atom. The fraction of sp³-hybridized carbons (Fsp3) is 0.385. The topological polar surface area (TPSA) is 58.6 Å². The molecule has 0 unspecified atom stereocenters. The Balaban J connectivity index is 1.99. The highest BCUT2D eigenvalue weighted by molar-refractivity contribution is 6.10. The first-order chi connectivity index (χ1) is 9.85. The van der Waals surface area contributed by atoms with Gasteiger partial charge in [0.15, 0.2) is 0 Å². The van der Waals surface area contributed by atoms with E-state index in [0.29, 0.717) is 19.4 Å². The van der Waals surface area contributed by atoms with Crippen LogP contribution in [0.25, 0.3) is 0 Å². The number of benzene rings is 1. The van der Waals surface area contributed by atoms with Gasteiger partial charge >= 0.3 is 6.36 Å². The summed E-state index contributed by atoms with van der Waals surface area (Å²) in [6.45, 7) is 0.417. The highest BCUT2D eigenvalue weighted by Crippen LogP contribution is 2.32. The molecule has 0 aliphatic carbocycles. The van der Waals surface area contributed by atoms with Gasteiger partial charge in [0.2, 0.25) is 5.91 Å². The number of hydrogen-bond donors (Lipinski definition) is 1. The smallest absolute Gasteiger partial charge is 0.406 e. The second-order valence-corrected chi connectivity index (χ2v) is 4.90. The number of hydrogen-bond acceptors (Lipinski definition) is 3. The van der Waals surface area contributed by atoms with E-state index in [1.165, 1.54) is 11.0 Å². The van der Waals surface area contributed by atoms with Crippen molar-refractivity contribution in [2.75, 3.05) is 11.9 Å². The number of alkyl halides is 3. The van der Waals surface area contributed by atoms with Crippen molar-refractivity contribution in [2.24, 2.45) is 0 Å². The molecule has 2 amide bonds. The molecule has 112 valence electrons. The van der Waals surface area contributed by atoms with Crippen LogP contribution in [-0.4, -0.2) is 35.7 Å². The van der Waals surface area contributed by atoms with Crippen LogP contribution in [0.1, 0.15) is 23.2 Å². The monoisotopic (exact) mass is 300 g/mol. The minimum Gasteiger partial charge on any atom is -0.406 e. The molecule has 8 heteroatoms. The van der Waals surface area contributed by atoms with E-state index in [1.807, 2.05) is 0 Å². The van der Waals surface area contributed by atoms with Crippen LogP contribution in [0, 0.1) is 0 Å². The third kappa shape index (κ3) is 2.53. The SMILES string of the molecule is O=C1Nc2ccc(OC(F)(F)F)cc2C(=O)N2CCC[C@@H]12. The van der Waals surface area contributed by atoms with Crippen LogP contribution < -0.4 is 10.1 Å². The molecule has 1 saturated heterocycles. The van der Waals surface area contributed by atoms with Crippen molar-refractivity contribution in [3.63, 3.8) is 0 Å². The number of rotatable bonds is 1. The van der Waals surface area contributed by atoms with Gasteiger partial charge in [0.1, 0.15) is 11.8 Å². The van der Waals surface area contributed by atoms with Crippen molar-refractivity contribution in [1.29, 1.82) is 0 Å². The first kappa shape index (κ1) is 13.7. The lowest BCUT2D eigenvalue weighted by Gasteiger charge is -2.20. The number of fused-ring (bicyclic) bond motifs is 2. The van der Waals surface area contributed by atoms with Crippen molar-refractivity contribution in [3.8, 4) is 5.75 Å². The number of carbonyl (C=O) groups is 2. The Hall–Kier alpha value is -2.25. The van der Waals surface area contributed by atoms with E-state index in [9.17, 15) is 22.8 Å². The minimum absolute atomic E-state index is 0.00880. The van der Waals surface area contributed by atoms with Gasteiger partial charge in [-0.1, -0.05) is 0 Å². The molecule has 0 aromatic heterocycles. The lowest BCUT2D eigenvalue weighted by atomic mass is 10.1. The van der Waals surface area contributed by atoms with Gasteiger partial charge in [-0.15, -0.1) is 13.2 Å². The third-order valence-corrected chi connectivity index (χ3v) is 3.53. The lowest BCUT2D eigenvalue weighted by Crippen LogP contribution is -2.40. The van der Waals surface area contributed by atoms with Gasteiger partial charge in [-0.2, -0.15) is 0 Å². The zero-order chi connectivity index (χ0) is 15.2. The van der Waals surface area contributed by atoms with E-state index in [0.717, 1.165) is 12.1 Å². The molecule has 1 aromatic carbocycles. The van der Waals surface area contributed by atoms with Crippen LogP contribution in [0.4, 0.5) is 18.9 Å². The Morgan fingerprint density at radius 2 is 2.05 bits per heavy atom. The van der Waals surface area contributed by atoms with Crippen molar-refractivity contribution in [1.82, 2.24) is 4.90 Å². The second kappa shape index (κ2) is 4.64. The molecule has 0 radical (unpaired) electrons. The number of amides is 2. The summed E-state index contributed by atoms with van der Waals surface area (Å²) in [6.07, 6.45) is -3.59. The molecule has 2 aliphatic rings. The fourth-order valence-electron chi connectivity index (χ4n) is 2.66. The summed E-state index contributed by atoms with van der Waals surface area (Å²) in [7, 11) is 0. The Bertz CT molecular complexity index is 615. The number of nitrogens with one attached hydrogen (secondary N) is 1. The summed E-state index contributed by atoms with van der Waals surface area (Å²) in [5, 5.41) is 2.58. The molecule has 21 heavy (non-hydrogen) atoms. The van der Waals surface area contributed by atoms with Crippen LogP contribution in [-0.2, 0) is 4.79 Å². The second-order valence-electron chi connectivity index (χ2n) is 4.90. The summed E-state index contributed by atoms with van der Waals surface area (Å²) >= 11 is 0. The summed E-state index contributed by atoms with van der Waals surface area (Å²) in [6, 6.07) is 2.76. The average molecular weight is 300 g/mol. The molecule has 2 aliphatic heterocycles. The molecule has 0 saturated carbocycles. The van der Waals surface area contributed by atoms with Crippen molar-refractivity contribution in [2.45, 2.75) is 25.2 Å². The lowest BCUT2D eigenvalue weighted by molar-refractivity contribution is -0.274. The zero-order valence-electron chi connectivity index (χ0n) is 10.7. The van der Waals surface area contributed by atoms with E-state index in [-0.39, 0.29) is 17.2 Å². The molecule has 1 fully saturated rings. The number of halogens is 3. The predicted molar refractivity (Wildman–Crippen MR) is 65.8 cm³/mol. The van der Waals surface area contributed by atoms with Gasteiger partial charge in [0.05, 0.1) is 11.3 Å². The van der Waals surface area contributed by atoms with Crippen molar-refractivity contribution in [3.05, 3.63) is 23.8 Å². The molecule has 1 aromatic rings. The summed E-state index contributed by atoms with van der Waals surface area (Å²) in [4.78, 5) is 25.8. The van der Waals surface area contributed by atoms with Gasteiger partial charge < -0.3 is 15.0 Å². The number of carbonyl (C=O) groups excluding carboxylic acids is 2. The molecule has 2 heterocycles. The van der Waals surface area contributed by atoms with E-state index < -0.39 is 24.1 Å². The maximum atomic E-state index is 12.4. The van der Waals surface area contributed by atoms with Gasteiger partial charge in [0, 0.05) is 6.54 Å². The van der Waals surface area contributed by atoms with Gasteiger partial charge in [-0.3, -0.25) is 9.59 Å². The molecular weight excluding hydrogens is 289 g/mol. The quantitative estimate of drug-likeness (QED) is 0.864. The fourth-order valence-corrected chi connectivity index (χ4v) is 2.66. The number of ether oxygens (including phenoxy) is 1. The molecule has 5 nitrogen and oxygen atoms in total. The Morgan fingerprint density at radius 3 is 2.76 bits per heavy atom. The number of nitrogens with zero attached hydrogens (tertiary/aromatic N) is 1. The average Bonchev–Trinajstić information content (AvgIpc) is 2.84. The minimum atomic E-state index is -4.83. The molecular formula is C13H11F3N2O3. The molecule has 1 N–H and O–H groups in total. The Kier molecular flexibility index (Phi) is 3.03. The van der Waals surface area contributed by atoms with Gasteiger partial charge in [-0.25, -0.2) is 0 Å². The van der Waals surface area contributed by atoms with Crippen LogP contribution in [0.2, 0.25) is 0 Å². The molecule has 0 spiro atoms. The Labute approximate surface area is 117 Å². The van der Waals surface area contributed by atoms with Crippen molar-refractivity contribution >= 4 is 17.5 Å². The first-order valence-electron chi connectivity index (χ1n) is 6.37. The largest absolute Gasteiger partial charge is 0.573 e. The molecule has 0 bridgehead atoms. The maximum Gasteiger partial charge on any atom is 0.573 e. The van der Waals surface area contributed by atoms with E-state index in [2.05, 4.69) is 10.1 Å². The van der Waals surface area contributed by atoms with Crippen molar-refractivity contribution < 1.29 is 27.5 Å². The van der Waals surface area contributed by atoms with Crippen LogP contribution >= 0.6 is 0 Å². The summed E-state index contributed by atoms with van der Waals surface area (Å²) in [5.74, 6) is -1.26. The summed E-state index contributed by atoms with van der Waals surface area (Å²) < 4.78 is 40.5. The molecule has 1 atom stereocenters. The van der Waals surface area contributed by atoms with Gasteiger partial charge in [-0.05, 0) is 31.0 Å². The highest BCUT2D eigenvalue weighted by Gasteiger charge is 2.39. The standard InChI is InChI=1S/C13H11F3N2O3/c14-13(15,16)21-7-3-4-9-8(6-7)12(20)18-5-1-2-10(18)11(19)17-9/h3-4,6,10H,1-2,5H2,(H,17,19)/t10-/m0/s1. The zero-order valence-corrected chi connectivity index (χ0v) is 10.7. The normalized spacial score (nSPS) is 21.5. The van der Waals surface area contributed by atoms with E-state index in [1.54, 1.807) is 0 Å². The van der Waals surface area contributed by atoms with Gasteiger partial charge in [0.25, 0.3) is 5.91 Å². The highest BCUT2D eigenvalue weighted by atomic mass is 19.4. The number of anilines is 1. The van der Waals surface area contributed by atoms with E-state index in [4.69, 9.17) is 0 Å². The first-order valence-corrected chi connectivity index (χ1v) is 6.37. The van der Waals surface area contributed by atoms with Crippen LogP contribution in [0.3, 0.4) is 0 Å². The van der Waals surface area contributed by atoms with Crippen LogP contribution in [0.15, 0.2) is 18.2 Å². The third-order valence-electron chi connectivity index (χ3n) is 3.53. The van der Waals surface area contributed by atoms with Crippen LogP contribution in [0.5, 0.6) is 5.75 Å². The van der Waals surface area contributed by atoms with E-state index >= 15 is 0 Å². The molecule has 3 rings (SSSR count). The maximum absolute atomic E-state index is 12.4. The summed E-state index contributed by atoms with van der Waals surface area (Å²) in [5.41, 5.74) is 0.212. The predicted octanol–water partition coefficient (Wildman–Crippen LogP) is 2.14.